The third kappa shape index (κ3) is 2.28. The Hall–Kier alpha value is -1.45. The van der Waals surface area contributed by atoms with Crippen molar-refractivity contribution in [3.05, 3.63) is 35.4 Å². The van der Waals surface area contributed by atoms with Gasteiger partial charge in [-0.1, -0.05) is 13.0 Å². The fourth-order valence-corrected chi connectivity index (χ4v) is 0.934. The van der Waals surface area contributed by atoms with Gasteiger partial charge in [-0.05, 0) is 18.6 Å². The first-order valence-corrected chi connectivity index (χ1v) is 4.28. The molecule has 0 fully saturated rings. The summed E-state index contributed by atoms with van der Waals surface area (Å²) in [5.74, 6) is -3.03. The standard InChI is InChI=1S/C10H10F2O2/c1-2-6-14-10(13)7-4-3-5-8(11)9(7)12/h3-5H,2,6H2,1H3. The van der Waals surface area contributed by atoms with E-state index in [2.05, 4.69) is 4.74 Å². The number of hydrogen-bond acceptors (Lipinski definition) is 2. The molecule has 0 heterocycles. The minimum absolute atomic E-state index is 0.203. The normalized spacial score (nSPS) is 9.93. The van der Waals surface area contributed by atoms with Gasteiger partial charge in [0.25, 0.3) is 0 Å². The number of halogens is 2. The summed E-state index contributed by atoms with van der Waals surface area (Å²) in [6.45, 7) is 2.02. The van der Waals surface area contributed by atoms with Crippen LogP contribution in [0.15, 0.2) is 18.2 Å². The summed E-state index contributed by atoms with van der Waals surface area (Å²) in [6.07, 6.45) is 0.642. The first-order valence-electron chi connectivity index (χ1n) is 4.28. The number of hydrogen-bond donors (Lipinski definition) is 0. The SMILES string of the molecule is CCCOC(=O)c1cccc(F)c1F. The summed E-state index contributed by atoms with van der Waals surface area (Å²) in [6, 6.07) is 3.41. The van der Waals surface area contributed by atoms with Gasteiger partial charge in [-0.2, -0.15) is 0 Å². The highest BCUT2D eigenvalue weighted by molar-refractivity contribution is 5.89. The van der Waals surface area contributed by atoms with Crippen molar-refractivity contribution in [2.45, 2.75) is 13.3 Å². The Morgan fingerprint density at radius 3 is 2.79 bits per heavy atom. The van der Waals surface area contributed by atoms with Gasteiger partial charge in [0.15, 0.2) is 11.6 Å². The zero-order valence-corrected chi connectivity index (χ0v) is 7.72. The fourth-order valence-electron chi connectivity index (χ4n) is 0.934. The van der Waals surface area contributed by atoms with Gasteiger partial charge >= 0.3 is 5.97 Å². The molecule has 2 nitrogen and oxygen atoms in total. The van der Waals surface area contributed by atoms with Crippen molar-refractivity contribution in [3.8, 4) is 0 Å². The minimum Gasteiger partial charge on any atom is -0.462 e. The molecule has 0 saturated heterocycles. The molecule has 0 unspecified atom stereocenters. The van der Waals surface area contributed by atoms with Crippen LogP contribution in [0.2, 0.25) is 0 Å². The van der Waals surface area contributed by atoms with Gasteiger partial charge in [-0.3, -0.25) is 0 Å². The molecule has 1 aromatic rings. The van der Waals surface area contributed by atoms with Crippen LogP contribution in [0.4, 0.5) is 8.78 Å². The average molecular weight is 200 g/mol. The second kappa shape index (κ2) is 4.69. The summed E-state index contributed by atoms with van der Waals surface area (Å²) in [5.41, 5.74) is -0.363. The van der Waals surface area contributed by atoms with Crippen LogP contribution in [-0.2, 0) is 4.74 Å². The Balaban J connectivity index is 2.84. The van der Waals surface area contributed by atoms with E-state index >= 15 is 0 Å². The molecule has 1 rings (SSSR count). The van der Waals surface area contributed by atoms with E-state index in [1.54, 1.807) is 0 Å². The number of carbonyl (C=O) groups is 1. The fraction of sp³-hybridized carbons (Fsp3) is 0.300. The van der Waals surface area contributed by atoms with Gasteiger partial charge in [0, 0.05) is 0 Å². The van der Waals surface area contributed by atoms with Crippen LogP contribution in [0.1, 0.15) is 23.7 Å². The molecule has 0 aromatic heterocycles. The molecule has 0 bridgehead atoms. The number of ether oxygens (including phenoxy) is 1. The van der Waals surface area contributed by atoms with Gasteiger partial charge in [-0.15, -0.1) is 0 Å². The monoisotopic (exact) mass is 200 g/mol. The lowest BCUT2D eigenvalue weighted by Gasteiger charge is -2.03. The van der Waals surface area contributed by atoms with Gasteiger partial charge in [0.1, 0.15) is 0 Å². The zero-order chi connectivity index (χ0) is 10.6. The second-order valence-electron chi connectivity index (χ2n) is 2.74. The summed E-state index contributed by atoms with van der Waals surface area (Å²) in [7, 11) is 0. The molecule has 0 amide bonds. The summed E-state index contributed by atoms with van der Waals surface area (Å²) >= 11 is 0. The number of benzene rings is 1. The summed E-state index contributed by atoms with van der Waals surface area (Å²) in [5, 5.41) is 0. The average Bonchev–Trinajstić information content (AvgIpc) is 2.18. The maximum absolute atomic E-state index is 13.0. The van der Waals surface area contributed by atoms with Crippen LogP contribution < -0.4 is 0 Å². The molecule has 0 radical (unpaired) electrons. The number of rotatable bonds is 3. The minimum atomic E-state index is -1.16. The highest BCUT2D eigenvalue weighted by Gasteiger charge is 2.15. The quantitative estimate of drug-likeness (QED) is 0.701. The van der Waals surface area contributed by atoms with E-state index in [1.165, 1.54) is 12.1 Å². The third-order valence-corrected chi connectivity index (χ3v) is 1.61. The van der Waals surface area contributed by atoms with E-state index in [1.807, 2.05) is 6.92 Å². The van der Waals surface area contributed by atoms with E-state index in [0.29, 0.717) is 6.42 Å². The zero-order valence-electron chi connectivity index (χ0n) is 7.72. The molecule has 0 aliphatic carbocycles. The lowest BCUT2D eigenvalue weighted by molar-refractivity contribution is 0.0498. The van der Waals surface area contributed by atoms with Gasteiger partial charge < -0.3 is 4.74 Å². The Kier molecular flexibility index (Phi) is 3.56. The molecule has 14 heavy (non-hydrogen) atoms. The van der Waals surface area contributed by atoms with Crippen LogP contribution in [0.3, 0.4) is 0 Å². The van der Waals surface area contributed by atoms with Gasteiger partial charge in [0.2, 0.25) is 0 Å². The van der Waals surface area contributed by atoms with Gasteiger partial charge in [0.05, 0.1) is 12.2 Å². The lowest BCUT2D eigenvalue weighted by atomic mass is 10.2. The van der Waals surface area contributed by atoms with Crippen molar-refractivity contribution in [1.82, 2.24) is 0 Å². The van der Waals surface area contributed by atoms with Crippen LogP contribution in [0, 0.1) is 11.6 Å². The third-order valence-electron chi connectivity index (χ3n) is 1.61. The Morgan fingerprint density at radius 2 is 2.14 bits per heavy atom. The van der Waals surface area contributed by atoms with E-state index in [0.717, 1.165) is 6.07 Å². The molecular formula is C10H10F2O2. The summed E-state index contributed by atoms with van der Waals surface area (Å²) in [4.78, 5) is 11.1. The van der Waals surface area contributed by atoms with Crippen molar-refractivity contribution in [2.24, 2.45) is 0 Å². The topological polar surface area (TPSA) is 26.3 Å². The van der Waals surface area contributed by atoms with E-state index in [-0.39, 0.29) is 12.2 Å². The van der Waals surface area contributed by atoms with Crippen LogP contribution >= 0.6 is 0 Å². The number of carbonyl (C=O) groups excluding carboxylic acids is 1. The molecular weight excluding hydrogens is 190 g/mol. The molecule has 0 N–H and O–H groups in total. The lowest BCUT2D eigenvalue weighted by Crippen LogP contribution is -2.09. The highest BCUT2D eigenvalue weighted by Crippen LogP contribution is 2.12. The predicted octanol–water partition coefficient (Wildman–Crippen LogP) is 2.53. The Bertz CT molecular complexity index is 337. The van der Waals surface area contributed by atoms with Crippen molar-refractivity contribution in [1.29, 1.82) is 0 Å². The molecule has 0 aliphatic heterocycles. The molecule has 76 valence electrons. The molecule has 4 heteroatoms. The molecule has 0 aliphatic rings. The van der Waals surface area contributed by atoms with E-state index in [4.69, 9.17) is 0 Å². The van der Waals surface area contributed by atoms with Crippen molar-refractivity contribution in [3.63, 3.8) is 0 Å². The maximum Gasteiger partial charge on any atom is 0.341 e. The van der Waals surface area contributed by atoms with Crippen LogP contribution in [0.25, 0.3) is 0 Å². The molecule has 0 saturated carbocycles. The van der Waals surface area contributed by atoms with Crippen LogP contribution in [0.5, 0.6) is 0 Å². The molecule has 0 atom stereocenters. The second-order valence-corrected chi connectivity index (χ2v) is 2.74. The Morgan fingerprint density at radius 1 is 1.43 bits per heavy atom. The van der Waals surface area contributed by atoms with Crippen molar-refractivity contribution in [2.75, 3.05) is 6.61 Å². The van der Waals surface area contributed by atoms with Gasteiger partial charge in [-0.25, -0.2) is 13.6 Å². The predicted molar refractivity (Wildman–Crippen MR) is 46.9 cm³/mol. The smallest absolute Gasteiger partial charge is 0.341 e. The van der Waals surface area contributed by atoms with Crippen molar-refractivity contribution < 1.29 is 18.3 Å². The number of esters is 1. The molecule has 1 aromatic carbocycles. The van der Waals surface area contributed by atoms with E-state index < -0.39 is 17.6 Å². The maximum atomic E-state index is 13.0. The van der Waals surface area contributed by atoms with E-state index in [9.17, 15) is 13.6 Å². The van der Waals surface area contributed by atoms with Crippen molar-refractivity contribution >= 4 is 5.97 Å². The summed E-state index contributed by atoms with van der Waals surface area (Å²) < 4.78 is 30.3. The first-order chi connectivity index (χ1) is 6.66. The Labute approximate surface area is 80.5 Å². The first kappa shape index (κ1) is 10.6. The largest absolute Gasteiger partial charge is 0.462 e. The van der Waals surface area contributed by atoms with Crippen LogP contribution in [-0.4, -0.2) is 12.6 Å². The highest BCUT2D eigenvalue weighted by atomic mass is 19.2. The molecule has 0 spiro atoms.